The van der Waals surface area contributed by atoms with E-state index in [2.05, 4.69) is 26.8 Å². The minimum atomic E-state index is 0.192. The number of aryl methyl sites for hydroxylation is 1. The van der Waals surface area contributed by atoms with Gasteiger partial charge in [-0.05, 0) is 31.4 Å². The molecule has 0 unspecified atom stereocenters. The zero-order valence-corrected chi connectivity index (χ0v) is 13.8. The van der Waals surface area contributed by atoms with Crippen LogP contribution in [-0.4, -0.2) is 17.4 Å². The summed E-state index contributed by atoms with van der Waals surface area (Å²) >= 11 is 1.73. The molecule has 1 aliphatic rings. The number of anilines is 1. The highest BCUT2D eigenvalue weighted by molar-refractivity contribution is 7.15. The van der Waals surface area contributed by atoms with Crippen LogP contribution >= 0.6 is 11.3 Å². The van der Waals surface area contributed by atoms with Crippen LogP contribution in [0, 0.1) is 6.92 Å². The van der Waals surface area contributed by atoms with Crippen molar-refractivity contribution in [1.29, 1.82) is 0 Å². The lowest BCUT2D eigenvalue weighted by Crippen LogP contribution is -2.25. The van der Waals surface area contributed by atoms with E-state index in [-0.39, 0.29) is 5.91 Å². The largest absolute Gasteiger partial charge is 0.312 e. The van der Waals surface area contributed by atoms with Gasteiger partial charge >= 0.3 is 0 Å². The normalized spacial score (nSPS) is 14.1. The topological polar surface area (TPSA) is 33.2 Å². The van der Waals surface area contributed by atoms with Crippen LogP contribution in [0.15, 0.2) is 18.2 Å². The van der Waals surface area contributed by atoms with Gasteiger partial charge in [-0.2, -0.15) is 0 Å². The number of amides is 1. The van der Waals surface area contributed by atoms with Crippen molar-refractivity contribution < 1.29 is 4.79 Å². The second kappa shape index (κ2) is 5.26. The summed E-state index contributed by atoms with van der Waals surface area (Å²) in [6.07, 6.45) is 0.495. The van der Waals surface area contributed by atoms with Gasteiger partial charge < -0.3 is 4.90 Å². The van der Waals surface area contributed by atoms with Crippen LogP contribution in [0.25, 0.3) is 10.6 Å². The highest BCUT2D eigenvalue weighted by atomic mass is 32.1. The molecular weight excluding hydrogens is 280 g/mol. The Balaban J connectivity index is 2.12. The van der Waals surface area contributed by atoms with E-state index < -0.39 is 0 Å². The molecule has 0 fully saturated rings. The molecule has 0 saturated heterocycles. The molecule has 1 amide bonds. The van der Waals surface area contributed by atoms with Crippen molar-refractivity contribution in [2.75, 3.05) is 11.4 Å². The minimum absolute atomic E-state index is 0.192. The molecule has 2 aromatic rings. The van der Waals surface area contributed by atoms with E-state index in [4.69, 9.17) is 4.98 Å². The molecule has 0 radical (unpaired) electrons. The van der Waals surface area contributed by atoms with Gasteiger partial charge in [0, 0.05) is 22.7 Å². The fourth-order valence-electron chi connectivity index (χ4n) is 3.00. The molecule has 1 aromatic heterocycles. The third-order valence-electron chi connectivity index (χ3n) is 4.00. The van der Waals surface area contributed by atoms with Gasteiger partial charge in [0.05, 0.1) is 12.1 Å². The third-order valence-corrected chi connectivity index (χ3v) is 5.02. The summed E-state index contributed by atoms with van der Waals surface area (Å²) < 4.78 is 0. The van der Waals surface area contributed by atoms with Crippen LogP contribution in [0.5, 0.6) is 0 Å². The second-order valence-corrected chi connectivity index (χ2v) is 6.94. The number of aromatic nitrogens is 1. The van der Waals surface area contributed by atoms with Gasteiger partial charge in [-0.15, -0.1) is 11.3 Å². The van der Waals surface area contributed by atoms with E-state index in [1.165, 1.54) is 10.6 Å². The first-order valence-corrected chi connectivity index (χ1v) is 8.24. The van der Waals surface area contributed by atoms with Crippen LogP contribution in [0.1, 0.15) is 42.8 Å². The lowest BCUT2D eigenvalue weighted by atomic mass is 10.1. The van der Waals surface area contributed by atoms with Gasteiger partial charge in [0.15, 0.2) is 0 Å². The summed E-state index contributed by atoms with van der Waals surface area (Å²) in [5.74, 6) is 0.623. The van der Waals surface area contributed by atoms with Crippen molar-refractivity contribution >= 4 is 22.9 Å². The average Bonchev–Trinajstić information content (AvgIpc) is 2.97. The van der Waals surface area contributed by atoms with E-state index in [0.717, 1.165) is 28.4 Å². The second-order valence-electron chi connectivity index (χ2n) is 5.73. The molecule has 110 valence electrons. The highest BCUT2D eigenvalue weighted by Gasteiger charge is 2.29. The van der Waals surface area contributed by atoms with Gasteiger partial charge in [0.25, 0.3) is 0 Å². The van der Waals surface area contributed by atoms with E-state index in [9.17, 15) is 4.79 Å². The highest BCUT2D eigenvalue weighted by Crippen LogP contribution is 2.39. The van der Waals surface area contributed by atoms with Crippen LogP contribution < -0.4 is 4.90 Å². The predicted octanol–water partition coefficient (Wildman–Crippen LogP) is 4.15. The maximum Gasteiger partial charge on any atom is 0.231 e. The molecule has 3 nitrogen and oxygen atoms in total. The number of nitrogens with zero attached hydrogens (tertiary/aromatic N) is 2. The molecule has 0 atom stereocenters. The molecule has 0 spiro atoms. The lowest BCUT2D eigenvalue weighted by molar-refractivity contribution is -0.117. The van der Waals surface area contributed by atoms with Gasteiger partial charge in [-0.3, -0.25) is 4.79 Å². The Hall–Kier alpha value is -1.68. The number of rotatable bonds is 3. The van der Waals surface area contributed by atoms with Gasteiger partial charge in [0.2, 0.25) is 5.91 Å². The molecule has 3 rings (SSSR count). The monoisotopic (exact) mass is 300 g/mol. The molecular formula is C17H20N2OS. The standard InChI is InChI=1S/C17H20N2OS/c1-5-19-14-8-6-7-12(13(14)9-15(19)20)17-18-16(10(2)3)11(4)21-17/h6-8,10H,5,9H2,1-4H3. The van der Waals surface area contributed by atoms with E-state index in [0.29, 0.717) is 12.3 Å². The minimum Gasteiger partial charge on any atom is -0.312 e. The number of likely N-dealkylation sites (N-methyl/N-ethyl adjacent to an activating group) is 1. The smallest absolute Gasteiger partial charge is 0.231 e. The van der Waals surface area contributed by atoms with Gasteiger partial charge in [0.1, 0.15) is 5.01 Å². The molecule has 0 N–H and O–H groups in total. The summed E-state index contributed by atoms with van der Waals surface area (Å²) in [6.45, 7) is 9.21. The van der Waals surface area contributed by atoms with Gasteiger partial charge in [-0.1, -0.05) is 26.0 Å². The average molecular weight is 300 g/mol. The molecule has 21 heavy (non-hydrogen) atoms. The van der Waals surface area contributed by atoms with Crippen LogP contribution in [0.3, 0.4) is 0 Å². The number of benzene rings is 1. The number of thiazole rings is 1. The van der Waals surface area contributed by atoms with Crippen molar-refractivity contribution in [3.8, 4) is 10.6 Å². The summed E-state index contributed by atoms with van der Waals surface area (Å²) in [6, 6.07) is 6.16. The Morgan fingerprint density at radius 1 is 1.38 bits per heavy atom. The molecule has 2 heterocycles. The first-order valence-electron chi connectivity index (χ1n) is 7.42. The zero-order chi connectivity index (χ0) is 15.1. The van der Waals surface area contributed by atoms with E-state index >= 15 is 0 Å². The number of carbonyl (C=O) groups excluding carboxylic acids is 1. The summed E-state index contributed by atoms with van der Waals surface area (Å²) in [5, 5.41) is 1.04. The van der Waals surface area contributed by atoms with Crippen molar-refractivity contribution in [2.45, 2.75) is 40.0 Å². The molecule has 4 heteroatoms. The first kappa shape index (κ1) is 14.3. The van der Waals surface area contributed by atoms with Crippen LogP contribution in [-0.2, 0) is 11.2 Å². The van der Waals surface area contributed by atoms with Crippen molar-refractivity contribution in [2.24, 2.45) is 0 Å². The first-order chi connectivity index (χ1) is 10.0. The summed E-state index contributed by atoms with van der Waals surface area (Å²) in [4.78, 5) is 20.1. The molecule has 0 bridgehead atoms. The van der Waals surface area contributed by atoms with Crippen LogP contribution in [0.4, 0.5) is 5.69 Å². The Labute approximate surface area is 129 Å². The van der Waals surface area contributed by atoms with Crippen molar-refractivity contribution in [3.05, 3.63) is 34.3 Å². The fraction of sp³-hybridized carbons (Fsp3) is 0.412. The van der Waals surface area contributed by atoms with Crippen LogP contribution in [0.2, 0.25) is 0 Å². The Kier molecular flexibility index (Phi) is 3.57. The summed E-state index contributed by atoms with van der Waals surface area (Å²) in [5.41, 5.74) is 4.48. The molecule has 0 aliphatic carbocycles. The Bertz CT molecular complexity index is 703. The van der Waals surface area contributed by atoms with Gasteiger partial charge in [-0.25, -0.2) is 4.98 Å². The molecule has 1 aliphatic heterocycles. The number of carbonyl (C=O) groups is 1. The van der Waals surface area contributed by atoms with Crippen molar-refractivity contribution in [1.82, 2.24) is 4.98 Å². The third kappa shape index (κ3) is 2.27. The number of hydrogen-bond acceptors (Lipinski definition) is 3. The quantitative estimate of drug-likeness (QED) is 0.853. The Morgan fingerprint density at radius 2 is 2.14 bits per heavy atom. The number of fused-ring (bicyclic) bond motifs is 1. The number of hydrogen-bond donors (Lipinski definition) is 0. The maximum absolute atomic E-state index is 12.1. The van der Waals surface area contributed by atoms with E-state index in [1.807, 2.05) is 24.0 Å². The molecule has 0 saturated carbocycles. The maximum atomic E-state index is 12.1. The predicted molar refractivity (Wildman–Crippen MR) is 88.1 cm³/mol. The zero-order valence-electron chi connectivity index (χ0n) is 12.9. The lowest BCUT2D eigenvalue weighted by Gasteiger charge is -2.14. The fourth-order valence-corrected chi connectivity index (χ4v) is 4.12. The SMILES string of the molecule is CCN1C(=O)Cc2c(-c3nc(C(C)C)c(C)s3)cccc21. The summed E-state index contributed by atoms with van der Waals surface area (Å²) in [7, 11) is 0. The Morgan fingerprint density at radius 3 is 2.76 bits per heavy atom. The molecule has 1 aromatic carbocycles. The van der Waals surface area contributed by atoms with E-state index in [1.54, 1.807) is 11.3 Å². The van der Waals surface area contributed by atoms with Crippen molar-refractivity contribution in [3.63, 3.8) is 0 Å².